The Morgan fingerprint density at radius 1 is 0.348 bits per heavy atom. The van der Waals surface area contributed by atoms with E-state index in [0.717, 1.165) is 0 Å². The summed E-state index contributed by atoms with van der Waals surface area (Å²) in [4.78, 5) is 0. The Morgan fingerprint density at radius 2 is 0.630 bits per heavy atom. The summed E-state index contributed by atoms with van der Waals surface area (Å²) in [5.74, 6) is -10.7. The van der Waals surface area contributed by atoms with Crippen LogP contribution in [0.4, 0.5) is 90.4 Å². The normalized spacial score (nSPS) is 13.6. The lowest BCUT2D eigenvalue weighted by Crippen LogP contribution is -2.20. The first-order chi connectivity index (χ1) is 20.5. The molecule has 22 heteroatoms. The molecule has 0 aromatic heterocycles. The van der Waals surface area contributed by atoms with Crippen molar-refractivity contribution >= 4 is 11.4 Å². The molecule has 0 fully saturated rings. The van der Waals surface area contributed by atoms with E-state index >= 15 is 0 Å². The molecule has 46 heavy (non-hydrogen) atoms. The van der Waals surface area contributed by atoms with Gasteiger partial charge in [-0.25, -0.2) is 0 Å². The van der Waals surface area contributed by atoms with Crippen molar-refractivity contribution in [1.29, 1.82) is 0 Å². The molecule has 3 rings (SSSR count). The van der Waals surface area contributed by atoms with E-state index in [1.54, 1.807) is 0 Å². The van der Waals surface area contributed by atoms with Gasteiger partial charge in [0.15, 0.2) is 17.2 Å². The summed E-state index contributed by atoms with van der Waals surface area (Å²) in [5.41, 5.74) is -9.62. The molecular weight excluding hydrogens is 690 g/mol. The molecule has 0 amide bonds. The number of alkyl halides is 18. The lowest BCUT2D eigenvalue weighted by Gasteiger charge is -2.26. The zero-order chi connectivity index (χ0) is 35.6. The van der Waals surface area contributed by atoms with Gasteiger partial charge < -0.3 is 20.9 Å². The Labute approximate surface area is 242 Å². The highest BCUT2D eigenvalue weighted by atomic mass is 19.4. The van der Waals surface area contributed by atoms with Crippen LogP contribution in [-0.4, -0.2) is 0 Å². The van der Waals surface area contributed by atoms with Crippen molar-refractivity contribution in [1.82, 2.24) is 0 Å². The number of nitrogen functional groups attached to an aromatic ring is 2. The molecule has 4 N–H and O–H groups in total. The second-order valence-electron chi connectivity index (χ2n) is 8.82. The topological polar surface area (TPSA) is 70.5 Å². The van der Waals surface area contributed by atoms with Crippen molar-refractivity contribution in [3.63, 3.8) is 0 Å². The van der Waals surface area contributed by atoms with E-state index < -0.39 is 117 Å². The van der Waals surface area contributed by atoms with Crippen LogP contribution < -0.4 is 20.9 Å². The largest absolute Gasteiger partial charge is 0.455 e. The molecule has 0 aliphatic rings. The second-order valence-corrected chi connectivity index (χ2v) is 8.82. The zero-order valence-corrected chi connectivity index (χ0v) is 21.2. The molecule has 254 valence electrons. The van der Waals surface area contributed by atoms with Gasteiger partial charge >= 0.3 is 37.1 Å². The summed E-state index contributed by atoms with van der Waals surface area (Å²) in [7, 11) is 0. The van der Waals surface area contributed by atoms with Gasteiger partial charge in [-0.05, 0) is 36.4 Å². The molecule has 0 heterocycles. The quantitative estimate of drug-likeness (QED) is 0.210. The first-order valence-corrected chi connectivity index (χ1v) is 11.3. The molecule has 0 aliphatic heterocycles. The average molecular weight is 700 g/mol. The maximum atomic E-state index is 14.3. The lowest BCUT2D eigenvalue weighted by molar-refractivity contribution is -0.147. The fraction of sp³-hybridized carbons (Fsp3) is 0.250. The summed E-state index contributed by atoms with van der Waals surface area (Å²) in [6.07, 6.45) is -36.5. The van der Waals surface area contributed by atoms with Crippen LogP contribution in [0.1, 0.15) is 33.4 Å². The van der Waals surface area contributed by atoms with Crippen LogP contribution in [0.15, 0.2) is 36.4 Å². The molecule has 0 saturated carbocycles. The summed E-state index contributed by atoms with van der Waals surface area (Å²) in [6, 6.07) is -1.65. The number of halogens is 18. The molecule has 0 spiro atoms. The fourth-order valence-corrected chi connectivity index (χ4v) is 3.90. The first kappa shape index (κ1) is 36.1. The number of ether oxygens (including phenoxy) is 2. The van der Waals surface area contributed by atoms with E-state index in [-0.39, 0.29) is 24.3 Å². The Morgan fingerprint density at radius 3 is 0.935 bits per heavy atom. The molecular formula is C24H10F18N2O2. The molecule has 3 aromatic carbocycles. The van der Waals surface area contributed by atoms with E-state index in [9.17, 15) is 79.0 Å². The van der Waals surface area contributed by atoms with E-state index in [1.165, 1.54) is 0 Å². The van der Waals surface area contributed by atoms with Crippen LogP contribution >= 0.6 is 0 Å². The predicted octanol–water partition coefficient (Wildman–Crippen LogP) is 10.5. The predicted molar refractivity (Wildman–Crippen MR) is 118 cm³/mol. The zero-order valence-electron chi connectivity index (χ0n) is 21.2. The van der Waals surface area contributed by atoms with E-state index in [4.69, 9.17) is 11.5 Å². The van der Waals surface area contributed by atoms with Crippen molar-refractivity contribution in [3.05, 3.63) is 69.8 Å². The highest BCUT2D eigenvalue weighted by Gasteiger charge is 2.50. The third-order valence-electron chi connectivity index (χ3n) is 5.68. The van der Waals surface area contributed by atoms with Crippen molar-refractivity contribution in [2.45, 2.75) is 37.1 Å². The van der Waals surface area contributed by atoms with Crippen molar-refractivity contribution < 1.29 is 88.5 Å². The Hall–Kier alpha value is -4.40. The van der Waals surface area contributed by atoms with Crippen molar-refractivity contribution in [2.24, 2.45) is 0 Å². The summed E-state index contributed by atoms with van der Waals surface area (Å²) >= 11 is 0. The Bertz CT molecular complexity index is 1630. The van der Waals surface area contributed by atoms with Gasteiger partial charge in [0.1, 0.15) is 22.4 Å². The van der Waals surface area contributed by atoms with Crippen LogP contribution in [0.25, 0.3) is 0 Å². The molecule has 0 aliphatic carbocycles. The van der Waals surface area contributed by atoms with Crippen LogP contribution in [0.2, 0.25) is 0 Å². The van der Waals surface area contributed by atoms with Gasteiger partial charge in [-0.2, -0.15) is 79.0 Å². The maximum absolute atomic E-state index is 14.3. The number of hydrogen-bond acceptors (Lipinski definition) is 4. The maximum Gasteiger partial charge on any atom is 0.423 e. The molecule has 4 nitrogen and oxygen atoms in total. The summed E-state index contributed by atoms with van der Waals surface area (Å²) in [5, 5.41) is 0. The van der Waals surface area contributed by atoms with Crippen LogP contribution in [0.5, 0.6) is 23.0 Å². The minimum atomic E-state index is -6.46. The average Bonchev–Trinajstić information content (AvgIpc) is 2.79. The minimum absolute atomic E-state index is 0.00159. The van der Waals surface area contributed by atoms with Gasteiger partial charge in [0.2, 0.25) is 0 Å². The van der Waals surface area contributed by atoms with Gasteiger partial charge in [0.25, 0.3) is 0 Å². The van der Waals surface area contributed by atoms with E-state index in [0.29, 0.717) is 0 Å². The monoisotopic (exact) mass is 700 g/mol. The third-order valence-corrected chi connectivity index (χ3v) is 5.68. The highest BCUT2D eigenvalue weighted by Crippen LogP contribution is 2.56. The fourth-order valence-electron chi connectivity index (χ4n) is 3.90. The van der Waals surface area contributed by atoms with Gasteiger partial charge in [-0.15, -0.1) is 0 Å². The third kappa shape index (κ3) is 7.19. The smallest absolute Gasteiger partial charge is 0.423 e. The highest BCUT2D eigenvalue weighted by molar-refractivity contribution is 5.65. The number of rotatable bonds is 4. The van der Waals surface area contributed by atoms with Crippen LogP contribution in [-0.2, 0) is 37.1 Å². The molecule has 0 saturated heterocycles. The minimum Gasteiger partial charge on any atom is -0.455 e. The molecule has 0 unspecified atom stereocenters. The number of benzene rings is 3. The standard InChI is InChI=1S/C24H10F18N2O2/c25-19(26,27)7-1-4-10(43)13(22(34,35)36)16(7)45-12-6-3-9(21(31,32)33)18(15(12)24(40,41)42)46-17-8(20(28,29)30)2-5-11(44)14(17)23(37,38)39/h1-6H,43-44H2. The van der Waals surface area contributed by atoms with Crippen molar-refractivity contribution in [2.75, 3.05) is 11.5 Å². The van der Waals surface area contributed by atoms with Gasteiger partial charge in [0.05, 0.1) is 16.7 Å². The summed E-state index contributed by atoms with van der Waals surface area (Å²) < 4.78 is 257. The lowest BCUT2D eigenvalue weighted by atomic mass is 10.0. The Balaban J connectivity index is 2.55. The Kier molecular flexibility index (Phi) is 8.74. The van der Waals surface area contributed by atoms with Crippen LogP contribution in [0.3, 0.4) is 0 Å². The first-order valence-electron chi connectivity index (χ1n) is 11.3. The number of hydrogen-bond donors (Lipinski definition) is 2. The van der Waals surface area contributed by atoms with Gasteiger partial charge in [-0.1, -0.05) is 0 Å². The van der Waals surface area contributed by atoms with Gasteiger partial charge in [-0.3, -0.25) is 0 Å². The van der Waals surface area contributed by atoms with Gasteiger partial charge in [0, 0.05) is 11.4 Å². The second kappa shape index (κ2) is 11.1. The van der Waals surface area contributed by atoms with Crippen LogP contribution in [0, 0.1) is 0 Å². The number of anilines is 2. The summed E-state index contributed by atoms with van der Waals surface area (Å²) in [6.45, 7) is 0. The molecule has 0 radical (unpaired) electrons. The SMILES string of the molecule is Nc1ccc(C(F)(F)F)c(Oc2ccc(C(F)(F)F)c(Oc3c(C(F)(F)F)ccc(N)c3C(F)(F)F)c2C(F)(F)F)c1C(F)(F)F. The molecule has 3 aromatic rings. The molecule has 0 atom stereocenters. The van der Waals surface area contributed by atoms with E-state index in [2.05, 4.69) is 9.47 Å². The van der Waals surface area contributed by atoms with Crippen molar-refractivity contribution in [3.8, 4) is 23.0 Å². The molecule has 0 bridgehead atoms. The van der Waals surface area contributed by atoms with E-state index in [1.807, 2.05) is 0 Å². The number of nitrogens with two attached hydrogens (primary N) is 2.